The van der Waals surface area contributed by atoms with Gasteiger partial charge in [0.2, 0.25) is 11.0 Å². The summed E-state index contributed by atoms with van der Waals surface area (Å²) in [7, 11) is 0. The van der Waals surface area contributed by atoms with Crippen molar-refractivity contribution < 1.29 is 9.59 Å². The molecule has 3 atom stereocenters. The number of rotatable bonds is 6. The number of carbonyl (C=O) groups excluding carboxylic acids is 2. The van der Waals surface area contributed by atoms with E-state index in [9.17, 15) is 14.9 Å². The predicted octanol–water partition coefficient (Wildman–Crippen LogP) is 3.56. The zero-order valence-corrected chi connectivity index (χ0v) is 17.5. The first kappa shape index (κ1) is 20.4. The van der Waals surface area contributed by atoms with Crippen molar-refractivity contribution >= 4 is 34.0 Å². The van der Waals surface area contributed by atoms with E-state index in [1.165, 1.54) is 16.3 Å². The van der Waals surface area contributed by atoms with Gasteiger partial charge in [-0.3, -0.25) is 9.59 Å². The molecule has 3 unspecified atom stereocenters. The van der Waals surface area contributed by atoms with Crippen LogP contribution >= 0.6 is 11.3 Å². The Balaban J connectivity index is 1.70. The molecule has 0 bridgehead atoms. The zero-order chi connectivity index (χ0) is 22.0. The van der Waals surface area contributed by atoms with Crippen LogP contribution in [0.4, 0.5) is 5.13 Å². The van der Waals surface area contributed by atoms with Crippen molar-refractivity contribution in [3.05, 3.63) is 71.6 Å². The average molecular weight is 430 g/mol. The molecule has 7 nitrogen and oxygen atoms in total. The topological polar surface area (TPSA) is 112 Å². The number of nitrogens with zero attached hydrogens (tertiary/aromatic N) is 4. The molecule has 2 amide bonds. The molecule has 4 rings (SSSR count). The molecule has 3 aromatic rings. The molecule has 2 aromatic carbocycles. The van der Waals surface area contributed by atoms with E-state index in [1.807, 2.05) is 47.8 Å². The number of hydrogen-bond donors (Lipinski definition) is 1. The second-order valence-electron chi connectivity index (χ2n) is 7.20. The number of anilines is 1. The molecular formula is C23H19N5O2S. The Labute approximate surface area is 183 Å². The van der Waals surface area contributed by atoms with E-state index in [0.29, 0.717) is 16.4 Å². The van der Waals surface area contributed by atoms with E-state index in [-0.39, 0.29) is 5.91 Å². The van der Waals surface area contributed by atoms with Crippen molar-refractivity contribution in [2.24, 2.45) is 22.7 Å². The van der Waals surface area contributed by atoms with E-state index >= 15 is 0 Å². The van der Waals surface area contributed by atoms with Gasteiger partial charge >= 0.3 is 0 Å². The van der Waals surface area contributed by atoms with Crippen LogP contribution in [0.25, 0.3) is 11.3 Å². The SMILES string of the molecule is CC1=NN(c2nc(-c3ccccc3)cs2)C(=O)C1C(c1ccccc1)C(C#N)C(N)=O. The van der Waals surface area contributed by atoms with Gasteiger partial charge in [-0.1, -0.05) is 60.7 Å². The number of nitriles is 1. The van der Waals surface area contributed by atoms with Crippen molar-refractivity contribution in [1.29, 1.82) is 5.26 Å². The summed E-state index contributed by atoms with van der Waals surface area (Å²) in [6.07, 6.45) is 0. The van der Waals surface area contributed by atoms with Crippen molar-refractivity contribution in [3.63, 3.8) is 0 Å². The molecule has 2 heterocycles. The highest BCUT2D eigenvalue weighted by atomic mass is 32.1. The van der Waals surface area contributed by atoms with Crippen molar-refractivity contribution in [3.8, 4) is 17.3 Å². The van der Waals surface area contributed by atoms with Gasteiger partial charge in [0.15, 0.2) is 0 Å². The minimum atomic E-state index is -1.17. The van der Waals surface area contributed by atoms with Gasteiger partial charge < -0.3 is 5.73 Å². The minimum Gasteiger partial charge on any atom is -0.369 e. The molecule has 0 radical (unpaired) electrons. The van der Waals surface area contributed by atoms with Gasteiger partial charge in [-0.25, -0.2) is 4.98 Å². The molecule has 1 aliphatic rings. The number of hydrazone groups is 1. The summed E-state index contributed by atoms with van der Waals surface area (Å²) in [4.78, 5) is 30.1. The third-order valence-electron chi connectivity index (χ3n) is 5.27. The first-order valence-corrected chi connectivity index (χ1v) is 10.5. The largest absolute Gasteiger partial charge is 0.369 e. The molecule has 0 saturated heterocycles. The fourth-order valence-corrected chi connectivity index (χ4v) is 4.59. The number of benzene rings is 2. The second-order valence-corrected chi connectivity index (χ2v) is 8.03. The Kier molecular flexibility index (Phi) is 5.60. The standard InChI is InChI=1S/C23H19N5O2S/c1-14-19(20(17(12-24)21(25)29)16-10-6-3-7-11-16)22(30)28(27-14)23-26-18(13-31-23)15-8-4-2-5-9-15/h2-11,13,17,19-20H,1H3,(H2,25,29). The number of carbonyl (C=O) groups is 2. The van der Waals surface area contributed by atoms with Crippen LogP contribution in [0.2, 0.25) is 0 Å². The third-order valence-corrected chi connectivity index (χ3v) is 6.09. The molecule has 0 spiro atoms. The van der Waals surface area contributed by atoms with Crippen LogP contribution < -0.4 is 10.7 Å². The maximum atomic E-state index is 13.4. The normalized spacial score (nSPS) is 17.7. The lowest BCUT2D eigenvalue weighted by Gasteiger charge is -2.25. The zero-order valence-electron chi connectivity index (χ0n) is 16.7. The molecule has 154 valence electrons. The van der Waals surface area contributed by atoms with Crippen LogP contribution in [-0.2, 0) is 9.59 Å². The second kappa shape index (κ2) is 8.50. The Hall–Kier alpha value is -3.83. The number of primary amides is 1. The number of thiazole rings is 1. The number of aromatic nitrogens is 1. The minimum absolute atomic E-state index is 0.332. The maximum absolute atomic E-state index is 13.4. The quantitative estimate of drug-likeness (QED) is 0.645. The predicted molar refractivity (Wildman–Crippen MR) is 119 cm³/mol. The first-order chi connectivity index (χ1) is 15.0. The summed E-state index contributed by atoms with van der Waals surface area (Å²) in [5, 5.41) is 17.7. The van der Waals surface area contributed by atoms with E-state index < -0.39 is 23.7 Å². The van der Waals surface area contributed by atoms with E-state index in [1.54, 1.807) is 31.2 Å². The molecule has 0 fully saturated rings. The van der Waals surface area contributed by atoms with Crippen LogP contribution in [0, 0.1) is 23.2 Å². The molecular weight excluding hydrogens is 410 g/mol. The molecule has 1 aromatic heterocycles. The van der Waals surface area contributed by atoms with Crippen LogP contribution in [0.5, 0.6) is 0 Å². The van der Waals surface area contributed by atoms with E-state index in [0.717, 1.165) is 11.3 Å². The summed E-state index contributed by atoms with van der Waals surface area (Å²) in [6.45, 7) is 1.72. The van der Waals surface area contributed by atoms with Gasteiger partial charge in [-0.2, -0.15) is 15.4 Å². The summed E-state index contributed by atoms with van der Waals surface area (Å²) in [6, 6.07) is 20.6. The fraction of sp³-hybridized carbons (Fsp3) is 0.174. The molecule has 0 aliphatic carbocycles. The Morgan fingerprint density at radius 3 is 2.42 bits per heavy atom. The fourth-order valence-electron chi connectivity index (χ4n) is 3.81. The van der Waals surface area contributed by atoms with E-state index in [4.69, 9.17) is 5.73 Å². The average Bonchev–Trinajstić information content (AvgIpc) is 3.38. The number of hydrogen-bond acceptors (Lipinski definition) is 6. The molecule has 2 N–H and O–H groups in total. The summed E-state index contributed by atoms with van der Waals surface area (Å²) >= 11 is 1.31. The highest BCUT2D eigenvalue weighted by Gasteiger charge is 2.46. The Morgan fingerprint density at radius 2 is 1.81 bits per heavy atom. The Morgan fingerprint density at radius 1 is 1.16 bits per heavy atom. The van der Waals surface area contributed by atoms with Crippen LogP contribution in [0.15, 0.2) is 71.1 Å². The molecule has 1 aliphatic heterocycles. The lowest BCUT2D eigenvalue weighted by atomic mass is 9.75. The Bertz CT molecular complexity index is 1180. The number of amides is 2. The van der Waals surface area contributed by atoms with Gasteiger partial charge in [0, 0.05) is 22.6 Å². The molecule has 8 heteroatoms. The van der Waals surface area contributed by atoms with Crippen molar-refractivity contribution in [1.82, 2.24) is 4.98 Å². The highest BCUT2D eigenvalue weighted by Crippen LogP contribution is 2.39. The summed E-state index contributed by atoms with van der Waals surface area (Å²) < 4.78 is 0. The van der Waals surface area contributed by atoms with Gasteiger partial charge in [-0.05, 0) is 12.5 Å². The number of nitrogens with two attached hydrogens (primary N) is 1. The maximum Gasteiger partial charge on any atom is 0.259 e. The highest BCUT2D eigenvalue weighted by molar-refractivity contribution is 7.14. The van der Waals surface area contributed by atoms with Gasteiger partial charge in [0.1, 0.15) is 5.92 Å². The monoisotopic (exact) mass is 429 g/mol. The lowest BCUT2D eigenvalue weighted by Crippen LogP contribution is -2.38. The van der Waals surface area contributed by atoms with Gasteiger partial charge in [0.05, 0.1) is 17.7 Å². The van der Waals surface area contributed by atoms with Crippen molar-refractivity contribution in [2.75, 3.05) is 5.01 Å². The van der Waals surface area contributed by atoms with Gasteiger partial charge in [-0.15, -0.1) is 11.3 Å². The molecule has 0 saturated carbocycles. The van der Waals surface area contributed by atoms with Crippen LogP contribution in [0.1, 0.15) is 18.4 Å². The summed E-state index contributed by atoms with van der Waals surface area (Å²) in [5.41, 5.74) is 8.40. The van der Waals surface area contributed by atoms with Crippen molar-refractivity contribution in [2.45, 2.75) is 12.8 Å². The van der Waals surface area contributed by atoms with Gasteiger partial charge in [0.25, 0.3) is 5.91 Å². The smallest absolute Gasteiger partial charge is 0.259 e. The van der Waals surface area contributed by atoms with E-state index in [2.05, 4.69) is 10.1 Å². The molecule has 31 heavy (non-hydrogen) atoms. The lowest BCUT2D eigenvalue weighted by molar-refractivity contribution is -0.123. The first-order valence-electron chi connectivity index (χ1n) is 9.65. The van der Waals surface area contributed by atoms with Crippen LogP contribution in [0.3, 0.4) is 0 Å². The summed E-state index contributed by atoms with van der Waals surface area (Å²) in [5.74, 6) is -3.79. The third kappa shape index (κ3) is 3.83. The van der Waals surface area contributed by atoms with Crippen LogP contribution in [-0.4, -0.2) is 22.5 Å².